The number of likely N-dealkylation sites (N-methyl/N-ethyl adjacent to an activating group) is 2. The van der Waals surface area contributed by atoms with E-state index < -0.39 is 0 Å². The summed E-state index contributed by atoms with van der Waals surface area (Å²) in [6.07, 6.45) is 0. The van der Waals surface area contributed by atoms with Gasteiger partial charge in [-0.05, 0) is 31.3 Å². The van der Waals surface area contributed by atoms with E-state index in [1.54, 1.807) is 0 Å². The second kappa shape index (κ2) is 6.93. The number of hydrogen-bond donors (Lipinski definition) is 0. The fraction of sp³-hybridized carbons (Fsp3) is 0.500. The van der Waals surface area contributed by atoms with Crippen LogP contribution in [-0.2, 0) is 0 Å². The molecule has 0 aromatic heterocycles. The van der Waals surface area contributed by atoms with Crippen LogP contribution >= 0.6 is 0 Å². The van der Waals surface area contributed by atoms with Gasteiger partial charge in [0, 0.05) is 25.8 Å². The van der Waals surface area contributed by atoms with Crippen molar-refractivity contribution in [2.75, 3.05) is 38.1 Å². The van der Waals surface area contributed by atoms with E-state index in [1.165, 1.54) is 0 Å². The quantitative estimate of drug-likeness (QED) is 0.753. The van der Waals surface area contributed by atoms with Gasteiger partial charge in [-0.1, -0.05) is 19.9 Å². The number of hydrogen-bond acceptors (Lipinski definition) is 3. The number of nitrogens with zero attached hydrogens (tertiary/aromatic N) is 3. The Kier molecular flexibility index (Phi) is 5.51. The Hall–Kier alpha value is -1.53. The van der Waals surface area contributed by atoms with Crippen molar-refractivity contribution >= 4 is 5.69 Å². The maximum atomic E-state index is 8.86. The topological polar surface area (TPSA) is 30.3 Å². The zero-order valence-corrected chi connectivity index (χ0v) is 11.0. The van der Waals surface area contributed by atoms with Gasteiger partial charge in [0.1, 0.15) is 0 Å². The van der Waals surface area contributed by atoms with Crippen molar-refractivity contribution in [2.24, 2.45) is 0 Å². The highest BCUT2D eigenvalue weighted by Gasteiger charge is 2.04. The van der Waals surface area contributed by atoms with Gasteiger partial charge in [-0.15, -0.1) is 0 Å². The van der Waals surface area contributed by atoms with Gasteiger partial charge in [-0.2, -0.15) is 5.26 Å². The standard InChI is InChI=1S/C14H21N3/c1-4-17(5-2)10-9-16(3)14-8-6-7-13(11-14)12-15/h6-8,11H,4-5,9-10H2,1-3H3. The predicted molar refractivity (Wildman–Crippen MR) is 72.2 cm³/mol. The molecule has 0 radical (unpaired) electrons. The lowest BCUT2D eigenvalue weighted by Gasteiger charge is -2.24. The molecule has 0 bridgehead atoms. The summed E-state index contributed by atoms with van der Waals surface area (Å²) in [6.45, 7) is 8.57. The van der Waals surface area contributed by atoms with E-state index in [0.29, 0.717) is 0 Å². The minimum absolute atomic E-state index is 0.720. The Bertz CT molecular complexity index is 377. The zero-order chi connectivity index (χ0) is 12.7. The fourth-order valence-corrected chi connectivity index (χ4v) is 1.77. The molecule has 0 aliphatic carbocycles. The minimum Gasteiger partial charge on any atom is -0.373 e. The molecule has 0 amide bonds. The van der Waals surface area contributed by atoms with Gasteiger partial charge in [0.05, 0.1) is 11.6 Å². The average molecular weight is 231 g/mol. The molecule has 92 valence electrons. The van der Waals surface area contributed by atoms with E-state index in [0.717, 1.165) is 37.4 Å². The summed E-state index contributed by atoms with van der Waals surface area (Å²) in [7, 11) is 2.07. The van der Waals surface area contributed by atoms with E-state index in [2.05, 4.69) is 36.8 Å². The Morgan fingerprint density at radius 3 is 2.47 bits per heavy atom. The maximum absolute atomic E-state index is 8.86. The third kappa shape index (κ3) is 4.08. The van der Waals surface area contributed by atoms with Crippen molar-refractivity contribution in [1.82, 2.24) is 4.90 Å². The van der Waals surface area contributed by atoms with Gasteiger partial charge in [-0.25, -0.2) is 0 Å². The lowest BCUT2D eigenvalue weighted by molar-refractivity contribution is 0.311. The highest BCUT2D eigenvalue weighted by molar-refractivity contribution is 5.50. The maximum Gasteiger partial charge on any atom is 0.0992 e. The summed E-state index contributed by atoms with van der Waals surface area (Å²) in [6, 6.07) is 9.92. The molecule has 17 heavy (non-hydrogen) atoms. The monoisotopic (exact) mass is 231 g/mol. The Morgan fingerprint density at radius 2 is 1.88 bits per heavy atom. The van der Waals surface area contributed by atoms with E-state index in [1.807, 2.05) is 24.3 Å². The molecule has 0 heterocycles. The molecule has 0 unspecified atom stereocenters. The van der Waals surface area contributed by atoms with Crippen LogP contribution in [0.4, 0.5) is 5.69 Å². The van der Waals surface area contributed by atoms with E-state index in [-0.39, 0.29) is 0 Å². The molecule has 0 saturated heterocycles. The van der Waals surface area contributed by atoms with Gasteiger partial charge < -0.3 is 9.80 Å². The largest absolute Gasteiger partial charge is 0.373 e. The third-order valence-corrected chi connectivity index (χ3v) is 3.06. The molecular weight excluding hydrogens is 210 g/mol. The lowest BCUT2D eigenvalue weighted by Crippen LogP contribution is -2.33. The van der Waals surface area contributed by atoms with E-state index >= 15 is 0 Å². The van der Waals surface area contributed by atoms with Crippen LogP contribution in [0.3, 0.4) is 0 Å². The molecule has 1 rings (SSSR count). The summed E-state index contributed by atoms with van der Waals surface area (Å²) in [5.41, 5.74) is 1.83. The smallest absolute Gasteiger partial charge is 0.0992 e. The molecule has 0 aliphatic heterocycles. The first-order valence-electron chi connectivity index (χ1n) is 6.14. The van der Waals surface area contributed by atoms with Crippen LogP contribution in [0, 0.1) is 11.3 Å². The van der Waals surface area contributed by atoms with Crippen molar-refractivity contribution in [2.45, 2.75) is 13.8 Å². The summed E-state index contributed by atoms with van der Waals surface area (Å²) < 4.78 is 0. The summed E-state index contributed by atoms with van der Waals surface area (Å²) in [5, 5.41) is 8.86. The van der Waals surface area contributed by atoms with Crippen molar-refractivity contribution in [3.8, 4) is 6.07 Å². The molecule has 3 heteroatoms. The third-order valence-electron chi connectivity index (χ3n) is 3.06. The number of rotatable bonds is 6. The van der Waals surface area contributed by atoms with E-state index in [4.69, 9.17) is 5.26 Å². The molecule has 1 aromatic carbocycles. The highest BCUT2D eigenvalue weighted by atomic mass is 15.2. The first kappa shape index (κ1) is 13.5. The van der Waals surface area contributed by atoms with Crippen molar-refractivity contribution < 1.29 is 0 Å². The van der Waals surface area contributed by atoms with Crippen molar-refractivity contribution in [1.29, 1.82) is 5.26 Å². The summed E-state index contributed by atoms with van der Waals surface area (Å²) >= 11 is 0. The lowest BCUT2D eigenvalue weighted by atomic mass is 10.2. The molecule has 0 fully saturated rings. The molecule has 0 N–H and O–H groups in total. The van der Waals surface area contributed by atoms with Gasteiger partial charge >= 0.3 is 0 Å². The van der Waals surface area contributed by atoms with Crippen LogP contribution in [0.15, 0.2) is 24.3 Å². The van der Waals surface area contributed by atoms with Crippen LogP contribution in [-0.4, -0.2) is 38.1 Å². The molecule has 0 aliphatic rings. The molecule has 0 saturated carbocycles. The summed E-state index contributed by atoms with van der Waals surface area (Å²) in [5.74, 6) is 0. The van der Waals surface area contributed by atoms with Gasteiger partial charge in [0.25, 0.3) is 0 Å². The molecule has 0 atom stereocenters. The average Bonchev–Trinajstić information content (AvgIpc) is 2.39. The fourth-order valence-electron chi connectivity index (χ4n) is 1.77. The Labute approximate surface area is 104 Å². The highest BCUT2D eigenvalue weighted by Crippen LogP contribution is 2.13. The second-order valence-corrected chi connectivity index (χ2v) is 4.11. The predicted octanol–water partition coefficient (Wildman–Crippen LogP) is 2.34. The van der Waals surface area contributed by atoms with Crippen LogP contribution in [0.1, 0.15) is 19.4 Å². The van der Waals surface area contributed by atoms with E-state index in [9.17, 15) is 0 Å². The molecule has 1 aromatic rings. The van der Waals surface area contributed by atoms with Gasteiger partial charge in [0.2, 0.25) is 0 Å². The molecular formula is C14H21N3. The van der Waals surface area contributed by atoms with Crippen LogP contribution in [0.5, 0.6) is 0 Å². The Morgan fingerprint density at radius 1 is 1.18 bits per heavy atom. The first-order chi connectivity index (χ1) is 8.21. The number of benzene rings is 1. The van der Waals surface area contributed by atoms with Crippen LogP contribution < -0.4 is 4.90 Å². The second-order valence-electron chi connectivity index (χ2n) is 4.11. The number of anilines is 1. The molecule has 0 spiro atoms. The SMILES string of the molecule is CCN(CC)CCN(C)c1cccc(C#N)c1. The zero-order valence-electron chi connectivity index (χ0n) is 11.0. The minimum atomic E-state index is 0.720. The Balaban J connectivity index is 2.57. The number of nitriles is 1. The molecule has 3 nitrogen and oxygen atoms in total. The van der Waals surface area contributed by atoms with Crippen molar-refractivity contribution in [3.05, 3.63) is 29.8 Å². The first-order valence-corrected chi connectivity index (χ1v) is 6.14. The summed E-state index contributed by atoms with van der Waals surface area (Å²) in [4.78, 5) is 4.59. The van der Waals surface area contributed by atoms with Gasteiger partial charge in [0.15, 0.2) is 0 Å². The van der Waals surface area contributed by atoms with Crippen molar-refractivity contribution in [3.63, 3.8) is 0 Å². The van der Waals surface area contributed by atoms with Crippen LogP contribution in [0.25, 0.3) is 0 Å². The van der Waals surface area contributed by atoms with Crippen LogP contribution in [0.2, 0.25) is 0 Å². The van der Waals surface area contributed by atoms with Gasteiger partial charge in [-0.3, -0.25) is 0 Å². The normalized spacial score (nSPS) is 10.3.